The lowest BCUT2D eigenvalue weighted by atomic mass is 9.96. The first-order valence-electron chi connectivity index (χ1n) is 11.5. The molecule has 0 radical (unpaired) electrons. The number of benzene rings is 1. The Hall–Kier alpha value is -3.62. The van der Waals surface area contributed by atoms with Gasteiger partial charge in [0.15, 0.2) is 0 Å². The molecule has 1 aliphatic rings. The van der Waals surface area contributed by atoms with Gasteiger partial charge < -0.3 is 25.4 Å². The van der Waals surface area contributed by atoms with Gasteiger partial charge in [0.05, 0.1) is 18.3 Å². The van der Waals surface area contributed by atoms with E-state index in [1.807, 2.05) is 39.0 Å². The number of anilines is 2. The summed E-state index contributed by atoms with van der Waals surface area (Å²) in [7, 11) is 1.55. The molecule has 180 valence electrons. The van der Waals surface area contributed by atoms with Crippen LogP contribution in [0, 0.1) is 5.92 Å². The number of amides is 1. The van der Waals surface area contributed by atoms with E-state index in [4.69, 9.17) is 15.2 Å². The van der Waals surface area contributed by atoms with E-state index in [9.17, 15) is 4.79 Å². The summed E-state index contributed by atoms with van der Waals surface area (Å²) < 4.78 is 10.5. The monoisotopic (exact) mass is 464 g/mol. The van der Waals surface area contributed by atoms with Gasteiger partial charge in [-0.2, -0.15) is 0 Å². The highest BCUT2D eigenvalue weighted by Crippen LogP contribution is 2.32. The fraction of sp³-hybridized carbons (Fsp3) is 0.440. The smallest absolute Gasteiger partial charge is 0.407 e. The van der Waals surface area contributed by atoms with Gasteiger partial charge in [0, 0.05) is 36.8 Å². The van der Waals surface area contributed by atoms with E-state index in [-0.39, 0.29) is 6.09 Å². The molecule has 3 heterocycles. The molecule has 1 aliphatic heterocycles. The number of hydrogen-bond donors (Lipinski definition) is 2. The van der Waals surface area contributed by atoms with E-state index in [1.165, 1.54) is 0 Å². The number of piperidine rings is 1. The molecule has 4 rings (SSSR count). The summed E-state index contributed by atoms with van der Waals surface area (Å²) in [6, 6.07) is 7.95. The Balaban J connectivity index is 1.47. The van der Waals surface area contributed by atoms with Crippen molar-refractivity contribution < 1.29 is 14.3 Å². The summed E-state index contributed by atoms with van der Waals surface area (Å²) >= 11 is 0. The largest absolute Gasteiger partial charge is 0.480 e. The number of rotatable bonds is 5. The summed E-state index contributed by atoms with van der Waals surface area (Å²) in [5, 5.41) is 3.89. The number of nitrogens with zero attached hydrogens (tertiary/aromatic N) is 4. The first-order chi connectivity index (χ1) is 16.2. The van der Waals surface area contributed by atoms with Gasteiger partial charge in [0.25, 0.3) is 0 Å². The van der Waals surface area contributed by atoms with Gasteiger partial charge in [-0.3, -0.25) is 0 Å². The number of nitrogen functional groups attached to an aromatic ring is 1. The van der Waals surface area contributed by atoms with Gasteiger partial charge in [-0.25, -0.2) is 19.7 Å². The lowest BCUT2D eigenvalue weighted by Crippen LogP contribution is -2.40. The van der Waals surface area contributed by atoms with Crippen LogP contribution in [0.5, 0.6) is 5.88 Å². The third-order valence-corrected chi connectivity index (χ3v) is 5.87. The third-order valence-electron chi connectivity index (χ3n) is 5.87. The van der Waals surface area contributed by atoms with Crippen molar-refractivity contribution in [3.05, 3.63) is 36.8 Å². The number of carbonyl (C=O) groups is 1. The number of ether oxygens (including phenoxy) is 2. The molecule has 0 spiro atoms. The minimum atomic E-state index is -0.492. The molecule has 0 unspecified atom stereocenters. The van der Waals surface area contributed by atoms with E-state index in [2.05, 4.69) is 31.2 Å². The van der Waals surface area contributed by atoms with Crippen LogP contribution in [-0.4, -0.2) is 53.4 Å². The molecule has 1 fully saturated rings. The van der Waals surface area contributed by atoms with Crippen molar-refractivity contribution in [3.8, 4) is 17.0 Å². The average Bonchev–Trinajstić information content (AvgIpc) is 2.81. The summed E-state index contributed by atoms with van der Waals surface area (Å²) in [5.41, 5.74) is 8.84. The van der Waals surface area contributed by atoms with Crippen molar-refractivity contribution in [2.45, 2.75) is 39.2 Å². The molecule has 0 atom stereocenters. The number of hydrogen-bond acceptors (Lipinski definition) is 8. The first kappa shape index (κ1) is 23.5. The van der Waals surface area contributed by atoms with Gasteiger partial charge in [-0.05, 0) is 63.3 Å². The van der Waals surface area contributed by atoms with Crippen LogP contribution in [0.4, 0.5) is 16.3 Å². The summed E-state index contributed by atoms with van der Waals surface area (Å²) in [6.07, 6.45) is 4.92. The Morgan fingerprint density at radius 1 is 1.15 bits per heavy atom. The molecule has 1 saturated heterocycles. The molecule has 3 aromatic rings. The highest BCUT2D eigenvalue weighted by molar-refractivity contribution is 5.93. The number of nitrogens with two attached hydrogens (primary N) is 1. The van der Waals surface area contributed by atoms with Crippen LogP contribution < -0.4 is 20.7 Å². The highest BCUT2D eigenvalue weighted by atomic mass is 16.6. The van der Waals surface area contributed by atoms with Crippen LogP contribution in [0.2, 0.25) is 0 Å². The van der Waals surface area contributed by atoms with Gasteiger partial charge in [-0.1, -0.05) is 6.07 Å². The maximum Gasteiger partial charge on any atom is 0.407 e. The van der Waals surface area contributed by atoms with E-state index in [1.54, 1.807) is 19.6 Å². The van der Waals surface area contributed by atoms with Gasteiger partial charge in [-0.15, -0.1) is 0 Å². The fourth-order valence-electron chi connectivity index (χ4n) is 4.16. The van der Waals surface area contributed by atoms with Crippen molar-refractivity contribution >= 4 is 28.5 Å². The second-order valence-corrected chi connectivity index (χ2v) is 9.56. The third kappa shape index (κ3) is 5.47. The summed E-state index contributed by atoms with van der Waals surface area (Å²) in [6.45, 7) is 7.92. The summed E-state index contributed by atoms with van der Waals surface area (Å²) in [4.78, 5) is 27.6. The van der Waals surface area contributed by atoms with E-state index in [0.717, 1.165) is 53.8 Å². The Morgan fingerprint density at radius 2 is 1.91 bits per heavy atom. The van der Waals surface area contributed by atoms with E-state index in [0.29, 0.717) is 24.0 Å². The fourth-order valence-corrected chi connectivity index (χ4v) is 4.16. The maximum absolute atomic E-state index is 12.0. The molecule has 9 heteroatoms. The number of alkyl carbamates (subject to hydrolysis) is 1. The molecule has 0 saturated carbocycles. The molecule has 0 bridgehead atoms. The lowest BCUT2D eigenvalue weighted by molar-refractivity contribution is 0.0517. The Kier molecular flexibility index (Phi) is 6.72. The van der Waals surface area contributed by atoms with Crippen molar-refractivity contribution in [2.24, 2.45) is 5.92 Å². The predicted molar refractivity (Wildman–Crippen MR) is 133 cm³/mol. The van der Waals surface area contributed by atoms with Gasteiger partial charge >= 0.3 is 6.09 Å². The Labute approximate surface area is 199 Å². The summed E-state index contributed by atoms with van der Waals surface area (Å²) in [5.74, 6) is 1.73. The zero-order valence-corrected chi connectivity index (χ0v) is 20.2. The second-order valence-electron chi connectivity index (χ2n) is 9.56. The highest BCUT2D eigenvalue weighted by Gasteiger charge is 2.23. The van der Waals surface area contributed by atoms with Crippen molar-refractivity contribution in [1.29, 1.82) is 0 Å². The number of pyridine rings is 1. The quantitative estimate of drug-likeness (QED) is 0.582. The average molecular weight is 465 g/mol. The Morgan fingerprint density at radius 3 is 2.59 bits per heavy atom. The zero-order valence-electron chi connectivity index (χ0n) is 20.2. The standard InChI is InChI=1S/C25H32N6O3/c1-25(2,3)34-24(32)28-13-16-7-9-31(10-8-16)22-19-11-17(5-6-21(19)29-15-30-22)18-12-20(26)23(33-4)27-14-18/h5-6,11-12,14-16H,7-10,13,26H2,1-4H3,(H,28,32). The number of carbonyl (C=O) groups excluding carboxylic acids is 1. The topological polar surface area (TPSA) is 115 Å². The van der Waals surface area contributed by atoms with Crippen molar-refractivity contribution in [2.75, 3.05) is 37.4 Å². The molecular formula is C25H32N6O3. The van der Waals surface area contributed by atoms with Gasteiger partial charge in [0.2, 0.25) is 5.88 Å². The zero-order chi connectivity index (χ0) is 24.3. The van der Waals surface area contributed by atoms with Crippen LogP contribution in [-0.2, 0) is 4.74 Å². The van der Waals surface area contributed by atoms with Crippen LogP contribution in [0.3, 0.4) is 0 Å². The number of nitrogens with one attached hydrogen (secondary N) is 1. The molecule has 3 N–H and O–H groups in total. The van der Waals surface area contributed by atoms with Crippen LogP contribution in [0.25, 0.3) is 22.0 Å². The van der Waals surface area contributed by atoms with Crippen molar-refractivity contribution in [3.63, 3.8) is 0 Å². The number of fused-ring (bicyclic) bond motifs is 1. The Bertz CT molecular complexity index is 1170. The number of methoxy groups -OCH3 is 1. The molecule has 34 heavy (non-hydrogen) atoms. The van der Waals surface area contributed by atoms with Crippen LogP contribution in [0.1, 0.15) is 33.6 Å². The van der Waals surface area contributed by atoms with Crippen molar-refractivity contribution in [1.82, 2.24) is 20.3 Å². The normalized spacial score (nSPS) is 14.8. The molecule has 0 aliphatic carbocycles. The first-order valence-corrected chi connectivity index (χ1v) is 11.5. The van der Waals surface area contributed by atoms with Crippen LogP contribution in [0.15, 0.2) is 36.8 Å². The van der Waals surface area contributed by atoms with E-state index < -0.39 is 5.60 Å². The lowest BCUT2D eigenvalue weighted by Gasteiger charge is -2.33. The predicted octanol–water partition coefficient (Wildman–Crippen LogP) is 4.02. The molecular weight excluding hydrogens is 432 g/mol. The minimum Gasteiger partial charge on any atom is -0.480 e. The molecule has 2 aromatic heterocycles. The van der Waals surface area contributed by atoms with Crippen LogP contribution >= 0.6 is 0 Å². The maximum atomic E-state index is 12.0. The second kappa shape index (κ2) is 9.70. The number of aromatic nitrogens is 3. The molecule has 9 nitrogen and oxygen atoms in total. The molecule has 1 aromatic carbocycles. The SMILES string of the molecule is COc1ncc(-c2ccc3ncnc(N4CCC(CNC(=O)OC(C)(C)C)CC4)c3c2)cc1N. The van der Waals surface area contributed by atoms with E-state index >= 15 is 0 Å². The molecule has 1 amide bonds. The van der Waals surface area contributed by atoms with Gasteiger partial charge in [0.1, 0.15) is 17.7 Å². The minimum absolute atomic E-state index is 0.363.